The van der Waals surface area contributed by atoms with Crippen LogP contribution in [0.15, 0.2) is 23.6 Å². The number of benzene rings is 1. The molecule has 15 heavy (non-hydrogen) atoms. The minimum Gasteiger partial charge on any atom is -0.310 e. The molecule has 1 nitrogen and oxygen atoms in total. The molecule has 0 amide bonds. The maximum Gasteiger partial charge on any atom is 0.0584 e. The molecule has 0 aliphatic rings. The van der Waals surface area contributed by atoms with E-state index >= 15 is 0 Å². The fraction of sp³-hybridized carbons (Fsp3) is 0.333. The second-order valence-corrected chi connectivity index (χ2v) is 5.20. The van der Waals surface area contributed by atoms with Crippen molar-refractivity contribution in [3.05, 3.63) is 34.2 Å². The molecule has 0 fully saturated rings. The highest BCUT2D eigenvalue weighted by Gasteiger charge is 2.06. The van der Waals surface area contributed by atoms with Gasteiger partial charge in [0.2, 0.25) is 0 Å². The lowest BCUT2D eigenvalue weighted by atomic mass is 10.2. The van der Waals surface area contributed by atoms with E-state index in [9.17, 15) is 0 Å². The third-order valence-corrected chi connectivity index (χ3v) is 3.84. The quantitative estimate of drug-likeness (QED) is 0.852. The summed E-state index contributed by atoms with van der Waals surface area (Å²) in [5.41, 5.74) is 1.34. The normalized spacial score (nSPS) is 11.5. The van der Waals surface area contributed by atoms with Gasteiger partial charge in [-0.2, -0.15) is 0 Å². The van der Waals surface area contributed by atoms with Crippen LogP contribution in [0.4, 0.5) is 0 Å². The van der Waals surface area contributed by atoms with Crippen molar-refractivity contribution in [3.63, 3.8) is 0 Å². The highest BCUT2D eigenvalue weighted by molar-refractivity contribution is 7.18. The summed E-state index contributed by atoms with van der Waals surface area (Å²) in [7, 11) is 0. The zero-order valence-electron chi connectivity index (χ0n) is 8.88. The Labute approximate surface area is 99.1 Å². The van der Waals surface area contributed by atoms with Crippen LogP contribution >= 0.6 is 22.9 Å². The van der Waals surface area contributed by atoms with E-state index in [1.165, 1.54) is 15.6 Å². The predicted octanol–water partition coefficient (Wildman–Crippen LogP) is 4.05. The Morgan fingerprint density at radius 2 is 2.20 bits per heavy atom. The van der Waals surface area contributed by atoms with E-state index in [0.717, 1.165) is 11.6 Å². The van der Waals surface area contributed by atoms with E-state index in [-0.39, 0.29) is 0 Å². The molecule has 0 bridgehead atoms. The van der Waals surface area contributed by atoms with E-state index in [2.05, 4.69) is 30.6 Å². The predicted molar refractivity (Wildman–Crippen MR) is 68.8 cm³/mol. The van der Waals surface area contributed by atoms with Crippen molar-refractivity contribution in [2.75, 3.05) is 0 Å². The Kier molecular flexibility index (Phi) is 3.29. The summed E-state index contributed by atoms with van der Waals surface area (Å²) < 4.78 is 1.19. The summed E-state index contributed by atoms with van der Waals surface area (Å²) >= 11 is 7.84. The molecular weight excluding hydrogens is 226 g/mol. The SMILES string of the molecule is CC(C)NCc1csc2c(Cl)cccc12. The zero-order valence-corrected chi connectivity index (χ0v) is 10.5. The van der Waals surface area contributed by atoms with E-state index < -0.39 is 0 Å². The summed E-state index contributed by atoms with van der Waals surface area (Å²) in [5.74, 6) is 0. The lowest BCUT2D eigenvalue weighted by molar-refractivity contribution is 0.591. The average Bonchev–Trinajstić information content (AvgIpc) is 2.59. The average molecular weight is 240 g/mol. The maximum absolute atomic E-state index is 6.12. The number of nitrogens with one attached hydrogen (secondary N) is 1. The Morgan fingerprint density at radius 1 is 1.40 bits per heavy atom. The van der Waals surface area contributed by atoms with Crippen LogP contribution in [0.25, 0.3) is 10.1 Å². The van der Waals surface area contributed by atoms with Gasteiger partial charge < -0.3 is 5.32 Å². The lowest BCUT2D eigenvalue weighted by Crippen LogP contribution is -2.21. The molecule has 0 unspecified atom stereocenters. The molecule has 2 aromatic rings. The summed E-state index contributed by atoms with van der Waals surface area (Å²) in [5, 5.41) is 7.74. The number of hydrogen-bond donors (Lipinski definition) is 1. The molecular formula is C12H14ClNS. The highest BCUT2D eigenvalue weighted by Crippen LogP contribution is 2.31. The van der Waals surface area contributed by atoms with Crippen LogP contribution < -0.4 is 5.32 Å². The summed E-state index contributed by atoms with van der Waals surface area (Å²) in [6, 6.07) is 6.60. The maximum atomic E-state index is 6.12. The summed E-state index contributed by atoms with van der Waals surface area (Å²) in [6.07, 6.45) is 0. The smallest absolute Gasteiger partial charge is 0.0584 e. The second-order valence-electron chi connectivity index (χ2n) is 3.91. The van der Waals surface area contributed by atoms with Gasteiger partial charge in [-0.15, -0.1) is 11.3 Å². The number of hydrogen-bond acceptors (Lipinski definition) is 2. The first-order valence-electron chi connectivity index (χ1n) is 5.06. The van der Waals surface area contributed by atoms with Gasteiger partial charge in [-0.1, -0.05) is 37.6 Å². The van der Waals surface area contributed by atoms with Crippen LogP contribution in [0.5, 0.6) is 0 Å². The molecule has 80 valence electrons. The second kappa shape index (κ2) is 4.52. The third-order valence-electron chi connectivity index (χ3n) is 2.33. The minimum atomic E-state index is 0.513. The van der Waals surface area contributed by atoms with Gasteiger partial charge in [0, 0.05) is 12.6 Å². The van der Waals surface area contributed by atoms with Crippen molar-refractivity contribution < 1.29 is 0 Å². The van der Waals surface area contributed by atoms with Gasteiger partial charge in [-0.25, -0.2) is 0 Å². The van der Waals surface area contributed by atoms with Gasteiger partial charge in [0.05, 0.1) is 9.72 Å². The van der Waals surface area contributed by atoms with E-state index in [0.29, 0.717) is 6.04 Å². The zero-order chi connectivity index (χ0) is 10.8. The van der Waals surface area contributed by atoms with Gasteiger partial charge in [-0.05, 0) is 22.4 Å². The van der Waals surface area contributed by atoms with Gasteiger partial charge >= 0.3 is 0 Å². The lowest BCUT2D eigenvalue weighted by Gasteiger charge is -2.06. The molecule has 1 aromatic heterocycles. The fourth-order valence-corrected chi connectivity index (χ4v) is 2.81. The van der Waals surface area contributed by atoms with Crippen molar-refractivity contribution in [1.29, 1.82) is 0 Å². The molecule has 0 aliphatic heterocycles. The Balaban J connectivity index is 2.33. The topological polar surface area (TPSA) is 12.0 Å². The fourth-order valence-electron chi connectivity index (χ4n) is 1.53. The van der Waals surface area contributed by atoms with Crippen LogP contribution in [-0.2, 0) is 6.54 Å². The molecule has 0 saturated carbocycles. The largest absolute Gasteiger partial charge is 0.310 e. The van der Waals surface area contributed by atoms with Crippen LogP contribution in [-0.4, -0.2) is 6.04 Å². The van der Waals surface area contributed by atoms with Gasteiger partial charge in [-0.3, -0.25) is 0 Å². The molecule has 0 spiro atoms. The minimum absolute atomic E-state index is 0.513. The van der Waals surface area contributed by atoms with Crippen molar-refractivity contribution in [2.45, 2.75) is 26.4 Å². The molecule has 0 aliphatic carbocycles. The molecule has 1 N–H and O–H groups in total. The molecule has 0 radical (unpaired) electrons. The molecule has 0 saturated heterocycles. The number of fused-ring (bicyclic) bond motifs is 1. The van der Waals surface area contributed by atoms with E-state index in [1.807, 2.05) is 12.1 Å². The molecule has 1 aromatic carbocycles. The number of thiophene rings is 1. The van der Waals surface area contributed by atoms with Crippen LogP contribution in [0, 0.1) is 0 Å². The van der Waals surface area contributed by atoms with Crippen molar-refractivity contribution in [1.82, 2.24) is 5.32 Å². The standard InChI is InChI=1S/C12H14ClNS/c1-8(2)14-6-9-7-15-12-10(9)4-3-5-11(12)13/h3-5,7-8,14H,6H2,1-2H3. The van der Waals surface area contributed by atoms with Gasteiger partial charge in [0.25, 0.3) is 0 Å². The Hall–Kier alpha value is -0.570. The highest BCUT2D eigenvalue weighted by atomic mass is 35.5. The van der Waals surface area contributed by atoms with E-state index in [1.54, 1.807) is 11.3 Å². The van der Waals surface area contributed by atoms with Gasteiger partial charge in [0.15, 0.2) is 0 Å². The van der Waals surface area contributed by atoms with Crippen molar-refractivity contribution >= 4 is 33.0 Å². The molecule has 2 rings (SSSR count). The first-order valence-corrected chi connectivity index (χ1v) is 6.32. The summed E-state index contributed by atoms with van der Waals surface area (Å²) in [6.45, 7) is 5.22. The number of halogens is 1. The number of rotatable bonds is 3. The van der Waals surface area contributed by atoms with Gasteiger partial charge in [0.1, 0.15) is 0 Å². The molecule has 1 heterocycles. The first kappa shape index (κ1) is 10.9. The third kappa shape index (κ3) is 2.33. The Morgan fingerprint density at radius 3 is 2.93 bits per heavy atom. The van der Waals surface area contributed by atoms with Crippen molar-refractivity contribution in [2.24, 2.45) is 0 Å². The van der Waals surface area contributed by atoms with E-state index in [4.69, 9.17) is 11.6 Å². The van der Waals surface area contributed by atoms with Crippen LogP contribution in [0.1, 0.15) is 19.4 Å². The first-order chi connectivity index (χ1) is 7.18. The summed E-state index contributed by atoms with van der Waals surface area (Å²) in [4.78, 5) is 0. The van der Waals surface area contributed by atoms with Crippen molar-refractivity contribution in [3.8, 4) is 0 Å². The van der Waals surface area contributed by atoms with Crippen LogP contribution in [0.3, 0.4) is 0 Å². The van der Waals surface area contributed by atoms with Crippen LogP contribution in [0.2, 0.25) is 5.02 Å². The molecule has 3 heteroatoms. The monoisotopic (exact) mass is 239 g/mol. The molecule has 0 atom stereocenters. The Bertz CT molecular complexity index is 462.